The monoisotopic (exact) mass is 478 g/mol. The molecule has 2 N–H and O–H groups in total. The predicted molar refractivity (Wildman–Crippen MR) is 130 cm³/mol. The number of hydrogen-bond donors (Lipinski definition) is 2. The van der Waals surface area contributed by atoms with E-state index in [9.17, 15) is 9.59 Å². The Labute approximate surface area is 199 Å². The number of alkyl carbamates (subject to hydrolysis) is 2. The van der Waals surface area contributed by atoms with Gasteiger partial charge in [-0.1, -0.05) is 20.8 Å². The van der Waals surface area contributed by atoms with Crippen molar-refractivity contribution in [2.45, 2.75) is 78.8 Å². The van der Waals surface area contributed by atoms with Gasteiger partial charge in [0, 0.05) is 13.1 Å². The van der Waals surface area contributed by atoms with Gasteiger partial charge in [0.15, 0.2) is 0 Å². The fraction of sp³-hybridized carbons (Fsp3) is 0.913. The molecule has 1 unspecified atom stereocenters. The van der Waals surface area contributed by atoms with E-state index in [4.69, 9.17) is 18.9 Å². The molecule has 2 amide bonds. The van der Waals surface area contributed by atoms with E-state index in [1.165, 1.54) is 0 Å². The molecule has 0 fully saturated rings. The van der Waals surface area contributed by atoms with E-state index in [-0.39, 0.29) is 29.2 Å². The first-order valence-electron chi connectivity index (χ1n) is 11.3. The standard InChI is InChI=1S/C23H46N2O6S/c1-18(10-11-24-19(26)28-13-15-31-23(7,8)32-9)16-22(5,6)17-25-20(27)29-12-14-30-21(2,3)4/h18H,10-17H2,1-9H3,(H,24,26)(H,25,27). The highest BCUT2D eigenvalue weighted by Gasteiger charge is 2.22. The minimum atomic E-state index is -0.433. The summed E-state index contributed by atoms with van der Waals surface area (Å²) in [4.78, 5) is 23.4. The molecule has 8 nitrogen and oxygen atoms in total. The van der Waals surface area contributed by atoms with E-state index >= 15 is 0 Å². The van der Waals surface area contributed by atoms with Crippen LogP contribution in [0.3, 0.4) is 0 Å². The van der Waals surface area contributed by atoms with Crippen LogP contribution >= 0.6 is 11.8 Å². The number of carbonyl (C=O) groups excluding carboxylic acids is 2. The van der Waals surface area contributed by atoms with Crippen LogP contribution in [0.1, 0.15) is 68.2 Å². The molecular formula is C23H46N2O6S. The third-order valence-electron chi connectivity index (χ3n) is 4.63. The number of nitrogens with one attached hydrogen (secondary N) is 2. The lowest BCUT2D eigenvalue weighted by molar-refractivity contribution is -0.0232. The van der Waals surface area contributed by atoms with E-state index in [0.29, 0.717) is 32.2 Å². The highest BCUT2D eigenvalue weighted by atomic mass is 32.2. The summed E-state index contributed by atoms with van der Waals surface area (Å²) in [6.07, 6.45) is 2.83. The quantitative estimate of drug-likeness (QED) is 0.257. The second-order valence-electron chi connectivity index (χ2n) is 10.2. The second-order valence-corrected chi connectivity index (χ2v) is 11.6. The van der Waals surface area contributed by atoms with Crippen LogP contribution in [0.2, 0.25) is 0 Å². The first-order chi connectivity index (χ1) is 14.7. The van der Waals surface area contributed by atoms with Crippen molar-refractivity contribution >= 4 is 23.9 Å². The van der Waals surface area contributed by atoms with Crippen molar-refractivity contribution in [3.05, 3.63) is 0 Å². The normalized spacial score (nSPS) is 13.4. The molecule has 0 aromatic carbocycles. The molecule has 0 spiro atoms. The van der Waals surface area contributed by atoms with Crippen LogP contribution in [0.4, 0.5) is 9.59 Å². The van der Waals surface area contributed by atoms with Gasteiger partial charge in [-0.15, -0.1) is 11.8 Å². The van der Waals surface area contributed by atoms with Gasteiger partial charge in [-0.2, -0.15) is 0 Å². The molecule has 0 aliphatic carbocycles. The molecule has 0 saturated carbocycles. The summed E-state index contributed by atoms with van der Waals surface area (Å²) in [5.41, 5.74) is -0.342. The Hall–Kier alpha value is -1.19. The molecule has 0 aliphatic rings. The summed E-state index contributed by atoms with van der Waals surface area (Å²) < 4.78 is 21.4. The Morgan fingerprint density at radius 2 is 1.38 bits per heavy atom. The number of thioether (sulfide) groups is 1. The summed E-state index contributed by atoms with van der Waals surface area (Å²) in [6, 6.07) is 0. The van der Waals surface area contributed by atoms with Gasteiger partial charge in [-0.05, 0) is 65.0 Å². The maximum atomic E-state index is 11.9. The lowest BCUT2D eigenvalue weighted by atomic mass is 9.82. The van der Waals surface area contributed by atoms with Crippen molar-refractivity contribution in [3.63, 3.8) is 0 Å². The van der Waals surface area contributed by atoms with Crippen molar-refractivity contribution in [1.29, 1.82) is 0 Å². The zero-order valence-corrected chi connectivity index (χ0v) is 22.4. The molecule has 0 aliphatic heterocycles. The number of amides is 2. The van der Waals surface area contributed by atoms with Crippen LogP contribution in [0.5, 0.6) is 0 Å². The zero-order chi connectivity index (χ0) is 24.8. The zero-order valence-electron chi connectivity index (χ0n) is 21.6. The summed E-state index contributed by atoms with van der Waals surface area (Å²) in [6.45, 7) is 18.4. The number of rotatable bonds is 15. The lowest BCUT2D eigenvalue weighted by Crippen LogP contribution is -2.36. The van der Waals surface area contributed by atoms with Gasteiger partial charge in [0.2, 0.25) is 0 Å². The number of hydrogen-bond acceptors (Lipinski definition) is 7. The predicted octanol–water partition coefficient (Wildman–Crippen LogP) is 4.81. The average Bonchev–Trinajstić information content (AvgIpc) is 2.66. The first-order valence-corrected chi connectivity index (χ1v) is 12.5. The Balaban J connectivity index is 3.95. The molecule has 0 radical (unpaired) electrons. The molecule has 0 aromatic rings. The fourth-order valence-electron chi connectivity index (χ4n) is 2.91. The van der Waals surface area contributed by atoms with Crippen molar-refractivity contribution in [1.82, 2.24) is 10.6 Å². The summed E-state index contributed by atoms with van der Waals surface area (Å²) in [5.74, 6) is 0.369. The van der Waals surface area contributed by atoms with Gasteiger partial charge in [0.05, 0.1) is 18.8 Å². The average molecular weight is 479 g/mol. The third-order valence-corrected chi connectivity index (χ3v) is 5.73. The van der Waals surface area contributed by atoms with Crippen LogP contribution in [0.25, 0.3) is 0 Å². The summed E-state index contributed by atoms with van der Waals surface area (Å²) in [5, 5.41) is 5.60. The van der Waals surface area contributed by atoms with Crippen LogP contribution in [-0.2, 0) is 18.9 Å². The minimum absolute atomic E-state index is 0.0950. The van der Waals surface area contributed by atoms with Gasteiger partial charge in [0.25, 0.3) is 0 Å². The number of ether oxygens (including phenoxy) is 4. The largest absolute Gasteiger partial charge is 0.447 e. The third kappa shape index (κ3) is 18.4. The highest BCUT2D eigenvalue weighted by Crippen LogP contribution is 2.26. The molecule has 0 rings (SSSR count). The molecule has 0 bridgehead atoms. The minimum Gasteiger partial charge on any atom is -0.447 e. The number of carbonyl (C=O) groups is 2. The first kappa shape index (κ1) is 30.8. The lowest BCUT2D eigenvalue weighted by Gasteiger charge is -2.28. The summed E-state index contributed by atoms with van der Waals surface area (Å²) >= 11 is 1.60. The van der Waals surface area contributed by atoms with Crippen molar-refractivity contribution in [3.8, 4) is 0 Å². The van der Waals surface area contributed by atoms with E-state index in [0.717, 1.165) is 12.8 Å². The van der Waals surface area contributed by atoms with Crippen molar-refractivity contribution in [2.24, 2.45) is 11.3 Å². The van der Waals surface area contributed by atoms with Crippen molar-refractivity contribution < 1.29 is 28.5 Å². The highest BCUT2D eigenvalue weighted by molar-refractivity contribution is 7.99. The Kier molecular flexibility index (Phi) is 14.3. The van der Waals surface area contributed by atoms with Gasteiger partial charge in [-0.3, -0.25) is 0 Å². The van der Waals surface area contributed by atoms with Crippen LogP contribution < -0.4 is 10.6 Å². The van der Waals surface area contributed by atoms with Gasteiger partial charge < -0.3 is 29.6 Å². The van der Waals surface area contributed by atoms with E-state index < -0.39 is 12.2 Å². The maximum absolute atomic E-state index is 11.9. The summed E-state index contributed by atoms with van der Waals surface area (Å²) in [7, 11) is 0. The molecule has 9 heteroatoms. The topological polar surface area (TPSA) is 95.1 Å². The molecule has 0 saturated heterocycles. The van der Waals surface area contributed by atoms with E-state index in [1.54, 1.807) is 11.8 Å². The van der Waals surface area contributed by atoms with Gasteiger partial charge in [-0.25, -0.2) is 9.59 Å². The Morgan fingerprint density at radius 1 is 0.844 bits per heavy atom. The van der Waals surface area contributed by atoms with Crippen molar-refractivity contribution in [2.75, 3.05) is 45.8 Å². The van der Waals surface area contributed by atoms with E-state index in [1.807, 2.05) is 40.9 Å². The second kappa shape index (κ2) is 14.9. The van der Waals surface area contributed by atoms with E-state index in [2.05, 4.69) is 31.4 Å². The van der Waals surface area contributed by atoms with Crippen LogP contribution in [-0.4, -0.2) is 68.5 Å². The molecule has 0 aromatic heterocycles. The molecular weight excluding hydrogens is 432 g/mol. The SMILES string of the molecule is CSC(C)(C)OCCOC(=O)NCCC(C)CC(C)(C)CNC(=O)OCCOC(C)(C)C. The van der Waals surface area contributed by atoms with Crippen LogP contribution in [0.15, 0.2) is 0 Å². The Bertz CT molecular complexity index is 549. The Morgan fingerprint density at radius 3 is 1.91 bits per heavy atom. The van der Waals surface area contributed by atoms with Gasteiger partial charge >= 0.3 is 12.2 Å². The molecule has 190 valence electrons. The maximum Gasteiger partial charge on any atom is 0.407 e. The van der Waals surface area contributed by atoms with Crippen LogP contribution in [0, 0.1) is 11.3 Å². The fourth-order valence-corrected chi connectivity index (χ4v) is 3.12. The molecule has 32 heavy (non-hydrogen) atoms. The smallest absolute Gasteiger partial charge is 0.407 e. The molecule has 0 heterocycles. The van der Waals surface area contributed by atoms with Gasteiger partial charge in [0.1, 0.15) is 18.1 Å². The molecule has 1 atom stereocenters.